The smallest absolute Gasteiger partial charge is 0.220 e. The number of hydrogen-bond donors (Lipinski definition) is 0. The molecule has 0 radical (unpaired) electrons. The number of nitriles is 1. The summed E-state index contributed by atoms with van der Waals surface area (Å²) < 4.78 is 63.5. The molecule has 0 aliphatic carbocycles. The maximum atomic E-state index is 12.7. The lowest BCUT2D eigenvalue weighted by Crippen LogP contribution is -2.05. The molecule has 0 aliphatic heterocycles. The third-order valence-corrected chi connectivity index (χ3v) is 2.96. The summed E-state index contributed by atoms with van der Waals surface area (Å²) in [6.07, 6.45) is -7.54. The molecule has 1 aromatic heterocycles. The molecule has 0 atom stereocenters. The molecule has 0 amide bonds. The number of nitrogens with zero attached hydrogens (tertiary/aromatic N) is 3. The Balaban J connectivity index is 2.51. The summed E-state index contributed by atoms with van der Waals surface area (Å²) >= 11 is 5.76. The van der Waals surface area contributed by atoms with Crippen LogP contribution in [0.4, 0.5) is 22.0 Å². The highest BCUT2D eigenvalue weighted by Crippen LogP contribution is 2.32. The molecule has 0 fully saturated rings. The second kappa shape index (κ2) is 5.33. The Morgan fingerprint density at radius 3 is 2.14 bits per heavy atom. The topological polar surface area (TPSA) is 41.6 Å². The summed E-state index contributed by atoms with van der Waals surface area (Å²) in [6.45, 7) is 0. The first-order valence-electron chi connectivity index (χ1n) is 5.40. The van der Waals surface area contributed by atoms with Crippen LogP contribution in [0.15, 0.2) is 24.3 Å². The average molecular weight is 322 g/mol. The van der Waals surface area contributed by atoms with Gasteiger partial charge in [-0.3, -0.25) is 0 Å². The summed E-state index contributed by atoms with van der Waals surface area (Å²) in [5, 5.41) is 11.9. The van der Waals surface area contributed by atoms with Gasteiger partial charge in [0.25, 0.3) is 6.43 Å². The van der Waals surface area contributed by atoms with Crippen LogP contribution in [0.3, 0.4) is 0 Å². The van der Waals surface area contributed by atoms with Crippen molar-refractivity contribution in [3.8, 4) is 11.8 Å². The Labute approximate surface area is 120 Å². The normalized spacial score (nSPS) is 11.7. The largest absolute Gasteiger partial charge is 0.416 e. The highest BCUT2D eigenvalue weighted by Gasteiger charge is 2.30. The molecule has 0 unspecified atom stereocenters. The molecule has 110 valence electrons. The fourth-order valence-corrected chi connectivity index (χ4v) is 1.91. The third-order valence-electron chi connectivity index (χ3n) is 2.61. The quantitative estimate of drug-likeness (QED) is 0.771. The molecule has 2 rings (SSSR count). The van der Waals surface area contributed by atoms with Gasteiger partial charge in [-0.2, -0.15) is 23.5 Å². The van der Waals surface area contributed by atoms with Crippen LogP contribution in [0.1, 0.15) is 23.2 Å². The van der Waals surface area contributed by atoms with Crippen LogP contribution in [0.2, 0.25) is 5.15 Å². The van der Waals surface area contributed by atoms with Crippen molar-refractivity contribution in [3.05, 3.63) is 46.2 Å². The monoisotopic (exact) mass is 321 g/mol. The van der Waals surface area contributed by atoms with E-state index in [9.17, 15) is 22.0 Å². The molecule has 1 aromatic carbocycles. The van der Waals surface area contributed by atoms with Crippen molar-refractivity contribution >= 4 is 11.6 Å². The zero-order valence-electron chi connectivity index (χ0n) is 10.00. The number of rotatable bonds is 2. The van der Waals surface area contributed by atoms with E-state index in [1.165, 1.54) is 6.07 Å². The molecule has 0 aliphatic rings. The van der Waals surface area contributed by atoms with Gasteiger partial charge in [0.15, 0.2) is 5.15 Å². The van der Waals surface area contributed by atoms with Crippen molar-refractivity contribution in [3.63, 3.8) is 0 Å². The van der Waals surface area contributed by atoms with Gasteiger partial charge in [-0.1, -0.05) is 11.6 Å². The van der Waals surface area contributed by atoms with E-state index in [0.29, 0.717) is 0 Å². The van der Waals surface area contributed by atoms with Gasteiger partial charge in [0, 0.05) is 0 Å². The number of hydrogen-bond acceptors (Lipinski definition) is 2. The highest BCUT2D eigenvalue weighted by atomic mass is 35.5. The van der Waals surface area contributed by atoms with Crippen molar-refractivity contribution in [2.45, 2.75) is 12.6 Å². The van der Waals surface area contributed by atoms with Crippen LogP contribution < -0.4 is 0 Å². The van der Waals surface area contributed by atoms with E-state index in [2.05, 4.69) is 5.10 Å². The predicted molar refractivity (Wildman–Crippen MR) is 63.2 cm³/mol. The van der Waals surface area contributed by atoms with Crippen LogP contribution in [-0.2, 0) is 6.18 Å². The second-order valence-electron chi connectivity index (χ2n) is 3.92. The molecular weight excluding hydrogens is 317 g/mol. The van der Waals surface area contributed by atoms with E-state index in [1.54, 1.807) is 0 Å². The summed E-state index contributed by atoms with van der Waals surface area (Å²) in [5.74, 6) is 0. The Hall–Kier alpha value is -2.14. The van der Waals surface area contributed by atoms with Crippen LogP contribution in [0.5, 0.6) is 0 Å². The predicted octanol–water partition coefficient (Wildman–Crippen LogP) is 4.35. The maximum Gasteiger partial charge on any atom is 0.416 e. The first-order chi connectivity index (χ1) is 9.75. The van der Waals surface area contributed by atoms with Crippen LogP contribution >= 0.6 is 11.6 Å². The van der Waals surface area contributed by atoms with Crippen molar-refractivity contribution in [1.82, 2.24) is 9.78 Å². The van der Waals surface area contributed by atoms with Gasteiger partial charge in [-0.15, -0.1) is 0 Å². The molecule has 1 heterocycles. The van der Waals surface area contributed by atoms with E-state index in [4.69, 9.17) is 16.9 Å². The van der Waals surface area contributed by atoms with Gasteiger partial charge in [-0.25, -0.2) is 13.5 Å². The van der Waals surface area contributed by atoms with E-state index in [-0.39, 0.29) is 10.8 Å². The number of aromatic nitrogens is 2. The van der Waals surface area contributed by atoms with Crippen molar-refractivity contribution < 1.29 is 22.0 Å². The lowest BCUT2D eigenvalue weighted by Gasteiger charge is -2.08. The number of alkyl halides is 5. The number of benzene rings is 1. The first kappa shape index (κ1) is 15.3. The molecular formula is C12H5ClF5N3. The van der Waals surface area contributed by atoms with Crippen LogP contribution in [0.25, 0.3) is 5.69 Å². The molecule has 2 aromatic rings. The van der Waals surface area contributed by atoms with Crippen LogP contribution in [-0.4, -0.2) is 9.78 Å². The Bertz CT molecular complexity index is 697. The van der Waals surface area contributed by atoms with E-state index >= 15 is 0 Å². The standard InChI is InChI=1S/C12H5ClF5N3/c13-10-8(5-19)9(11(14)15)20-21(10)7-3-1-6(2-4-7)12(16,17)18/h1-4,11H. The fraction of sp³-hybridized carbons (Fsp3) is 0.167. The van der Waals surface area contributed by atoms with Gasteiger partial charge in [0.05, 0.1) is 11.3 Å². The summed E-state index contributed by atoms with van der Waals surface area (Å²) in [4.78, 5) is 0. The lowest BCUT2D eigenvalue weighted by atomic mass is 10.2. The van der Waals surface area contributed by atoms with Crippen molar-refractivity contribution in [2.24, 2.45) is 0 Å². The molecule has 21 heavy (non-hydrogen) atoms. The lowest BCUT2D eigenvalue weighted by molar-refractivity contribution is -0.137. The van der Waals surface area contributed by atoms with Gasteiger partial charge >= 0.3 is 6.18 Å². The molecule has 9 heteroatoms. The van der Waals surface area contributed by atoms with Crippen LogP contribution in [0, 0.1) is 11.3 Å². The molecule has 0 bridgehead atoms. The summed E-state index contributed by atoms with van der Waals surface area (Å²) in [6, 6.07) is 5.08. The Kier molecular flexibility index (Phi) is 3.87. The summed E-state index contributed by atoms with van der Waals surface area (Å²) in [7, 11) is 0. The van der Waals surface area contributed by atoms with Crippen molar-refractivity contribution in [2.75, 3.05) is 0 Å². The van der Waals surface area contributed by atoms with Gasteiger partial charge in [0.2, 0.25) is 0 Å². The molecule has 0 saturated carbocycles. The first-order valence-corrected chi connectivity index (χ1v) is 5.77. The molecule has 0 saturated heterocycles. The average Bonchev–Trinajstić information content (AvgIpc) is 2.75. The van der Waals surface area contributed by atoms with Gasteiger partial charge in [0.1, 0.15) is 17.3 Å². The maximum absolute atomic E-state index is 12.7. The highest BCUT2D eigenvalue weighted by molar-refractivity contribution is 6.31. The molecule has 0 N–H and O–H groups in total. The van der Waals surface area contributed by atoms with Crippen molar-refractivity contribution in [1.29, 1.82) is 5.26 Å². The second-order valence-corrected chi connectivity index (χ2v) is 4.28. The minimum atomic E-state index is -4.52. The minimum absolute atomic E-state index is 0.0383. The van der Waals surface area contributed by atoms with E-state index < -0.39 is 29.4 Å². The Morgan fingerprint density at radius 1 is 1.19 bits per heavy atom. The van der Waals surface area contributed by atoms with E-state index in [1.807, 2.05) is 0 Å². The minimum Gasteiger partial charge on any atom is -0.220 e. The fourth-order valence-electron chi connectivity index (χ4n) is 1.63. The van der Waals surface area contributed by atoms with Gasteiger partial charge in [-0.05, 0) is 24.3 Å². The zero-order valence-corrected chi connectivity index (χ0v) is 10.8. The molecule has 0 spiro atoms. The zero-order chi connectivity index (χ0) is 15.8. The number of halogens is 6. The SMILES string of the molecule is N#Cc1c(C(F)F)nn(-c2ccc(C(F)(F)F)cc2)c1Cl. The van der Waals surface area contributed by atoms with Gasteiger partial charge < -0.3 is 0 Å². The Morgan fingerprint density at radius 2 is 1.76 bits per heavy atom. The summed E-state index contributed by atoms with van der Waals surface area (Å²) in [5.41, 5.74) is -2.19. The third kappa shape index (κ3) is 2.83. The molecule has 3 nitrogen and oxygen atoms in total. The van der Waals surface area contributed by atoms with E-state index in [0.717, 1.165) is 28.9 Å².